The van der Waals surface area contributed by atoms with Gasteiger partial charge in [0.25, 0.3) is 30.4 Å². The van der Waals surface area contributed by atoms with Crippen LogP contribution in [0.25, 0.3) is 0 Å². The van der Waals surface area contributed by atoms with E-state index in [9.17, 15) is 54.2 Å². The molecule has 6 N–H and O–H groups in total. The molecular formula is C20H26O15S3. The average molecular weight is 603 g/mol. The molecule has 18 heteroatoms. The summed E-state index contributed by atoms with van der Waals surface area (Å²) in [6.45, 7) is -0.812. The van der Waals surface area contributed by atoms with Crippen LogP contribution in [0.3, 0.4) is 0 Å². The van der Waals surface area contributed by atoms with E-state index in [2.05, 4.69) is 0 Å². The second kappa shape index (κ2) is 12.0. The van der Waals surface area contributed by atoms with Gasteiger partial charge in [-0.1, -0.05) is 12.1 Å². The highest BCUT2D eigenvalue weighted by molar-refractivity contribution is 7.87. The van der Waals surface area contributed by atoms with Crippen LogP contribution in [0.15, 0.2) is 36.4 Å². The molecule has 0 amide bonds. The summed E-state index contributed by atoms with van der Waals surface area (Å²) < 4.78 is 117. The zero-order valence-corrected chi connectivity index (χ0v) is 22.2. The van der Waals surface area contributed by atoms with Gasteiger partial charge in [-0.25, -0.2) is 0 Å². The molecule has 0 fully saturated rings. The summed E-state index contributed by atoms with van der Waals surface area (Å²) in [5.74, 6) is -3.57. The quantitative estimate of drug-likeness (QED) is 0.133. The predicted octanol–water partition coefficient (Wildman–Crippen LogP) is 0.307. The van der Waals surface area contributed by atoms with Gasteiger partial charge in [0.1, 0.15) is 28.5 Å². The average Bonchev–Trinajstić information content (AvgIpc) is 2.77. The molecule has 0 heterocycles. The summed E-state index contributed by atoms with van der Waals surface area (Å²) in [4.78, 5) is 0. The summed E-state index contributed by atoms with van der Waals surface area (Å²) in [5, 5.41) is 24.7. The molecule has 38 heavy (non-hydrogen) atoms. The highest BCUT2D eigenvalue weighted by Gasteiger charge is 2.40. The fourth-order valence-corrected chi connectivity index (χ4v) is 6.58. The van der Waals surface area contributed by atoms with Crippen molar-refractivity contribution >= 4 is 30.4 Å². The van der Waals surface area contributed by atoms with Crippen molar-refractivity contribution in [2.24, 2.45) is 0 Å². The maximum absolute atomic E-state index is 12.3. The Kier molecular flexibility index (Phi) is 9.94. The lowest BCUT2D eigenvalue weighted by Crippen LogP contribution is -2.37. The molecule has 0 spiro atoms. The van der Waals surface area contributed by atoms with Crippen molar-refractivity contribution in [3.05, 3.63) is 47.5 Å². The fourth-order valence-electron chi connectivity index (χ4n) is 3.68. The van der Waals surface area contributed by atoms with E-state index >= 15 is 0 Å². The standard InChI is InChI=1S/C20H26O15S3/c1-33-16-8-12(19(37(27,28)29)17(9-21)34-2)4-6-15(16)35-18(10-36(24,25)26)20(38(30,31)32)11-3-5-13(22)14(23)7-11/h3-8,17-23H,9-10H2,1-2H3,(H,24,25,26)(H,27,28,29)(H,30,31,32). The maximum Gasteiger partial charge on any atom is 0.275 e. The minimum Gasteiger partial charge on any atom is -0.504 e. The van der Waals surface area contributed by atoms with Crippen molar-refractivity contribution in [2.75, 3.05) is 26.6 Å². The van der Waals surface area contributed by atoms with Gasteiger partial charge in [0.05, 0.1) is 13.7 Å². The zero-order valence-electron chi connectivity index (χ0n) is 19.8. The zero-order chi connectivity index (χ0) is 29.1. The molecule has 2 aromatic rings. The molecule has 0 saturated carbocycles. The van der Waals surface area contributed by atoms with Crippen LogP contribution in [0.2, 0.25) is 0 Å². The van der Waals surface area contributed by atoms with Crippen molar-refractivity contribution in [1.82, 2.24) is 0 Å². The number of phenolic OH excluding ortho intramolecular Hbond substituents is 2. The number of hydrogen-bond acceptors (Lipinski definition) is 12. The second-order valence-corrected chi connectivity index (χ2v) is 12.5. The van der Waals surface area contributed by atoms with Crippen LogP contribution >= 0.6 is 0 Å². The van der Waals surface area contributed by atoms with Crippen molar-refractivity contribution in [1.29, 1.82) is 0 Å². The molecule has 4 atom stereocenters. The molecule has 0 radical (unpaired) electrons. The summed E-state index contributed by atoms with van der Waals surface area (Å²) in [6.07, 6.45) is -3.51. The first-order valence-electron chi connectivity index (χ1n) is 10.3. The Morgan fingerprint density at radius 2 is 1.26 bits per heavy atom. The van der Waals surface area contributed by atoms with Crippen LogP contribution in [0, 0.1) is 0 Å². The van der Waals surface area contributed by atoms with Gasteiger partial charge in [0, 0.05) is 7.11 Å². The number of aliphatic hydroxyl groups is 1. The van der Waals surface area contributed by atoms with E-state index in [1.54, 1.807) is 0 Å². The first-order chi connectivity index (χ1) is 17.4. The number of benzene rings is 2. The molecule has 0 bridgehead atoms. The summed E-state index contributed by atoms with van der Waals surface area (Å²) in [7, 11) is -12.8. The molecule has 0 aromatic heterocycles. The van der Waals surface area contributed by atoms with Gasteiger partial charge >= 0.3 is 0 Å². The minimum atomic E-state index is -5.21. The van der Waals surface area contributed by atoms with Crippen LogP contribution < -0.4 is 9.47 Å². The number of rotatable bonds is 13. The van der Waals surface area contributed by atoms with E-state index in [-0.39, 0.29) is 11.3 Å². The van der Waals surface area contributed by atoms with Gasteiger partial charge in [-0.2, -0.15) is 25.3 Å². The highest BCUT2D eigenvalue weighted by Crippen LogP contribution is 2.39. The summed E-state index contributed by atoms with van der Waals surface area (Å²) >= 11 is 0. The third-order valence-electron chi connectivity index (χ3n) is 5.30. The van der Waals surface area contributed by atoms with Crippen LogP contribution in [0.5, 0.6) is 23.0 Å². The van der Waals surface area contributed by atoms with Gasteiger partial charge in [0.15, 0.2) is 23.0 Å². The lowest BCUT2D eigenvalue weighted by Gasteiger charge is -2.27. The molecule has 0 aliphatic carbocycles. The second-order valence-electron chi connectivity index (χ2n) is 7.89. The van der Waals surface area contributed by atoms with E-state index in [0.717, 1.165) is 50.6 Å². The molecule has 15 nitrogen and oxygen atoms in total. The van der Waals surface area contributed by atoms with E-state index in [1.807, 2.05) is 0 Å². The molecule has 2 aromatic carbocycles. The van der Waals surface area contributed by atoms with Gasteiger partial charge < -0.3 is 29.5 Å². The lowest BCUT2D eigenvalue weighted by atomic mass is 10.1. The molecule has 0 saturated heterocycles. The Bertz CT molecular complexity index is 1450. The van der Waals surface area contributed by atoms with Crippen molar-refractivity contribution in [3.8, 4) is 23.0 Å². The minimum absolute atomic E-state index is 0.168. The normalized spacial score (nSPS) is 15.8. The van der Waals surface area contributed by atoms with E-state index < -0.39 is 88.2 Å². The largest absolute Gasteiger partial charge is 0.504 e. The topological polar surface area (TPSA) is 251 Å². The van der Waals surface area contributed by atoms with Crippen molar-refractivity contribution in [2.45, 2.75) is 22.7 Å². The van der Waals surface area contributed by atoms with Crippen LogP contribution in [-0.2, 0) is 35.1 Å². The Labute approximate surface area is 218 Å². The molecule has 2 rings (SSSR count). The number of ether oxygens (including phenoxy) is 3. The molecule has 214 valence electrons. The van der Waals surface area contributed by atoms with Crippen LogP contribution in [-0.4, -0.2) is 93.0 Å². The van der Waals surface area contributed by atoms with Crippen LogP contribution in [0.4, 0.5) is 0 Å². The van der Waals surface area contributed by atoms with Gasteiger partial charge in [0.2, 0.25) is 0 Å². The number of methoxy groups -OCH3 is 2. The highest BCUT2D eigenvalue weighted by atomic mass is 32.2. The molecule has 0 aliphatic rings. The third-order valence-corrected chi connectivity index (χ3v) is 8.48. The van der Waals surface area contributed by atoms with Crippen LogP contribution in [0.1, 0.15) is 21.6 Å². The number of phenols is 2. The van der Waals surface area contributed by atoms with Crippen molar-refractivity contribution < 1.29 is 68.4 Å². The lowest BCUT2D eigenvalue weighted by molar-refractivity contribution is 0.0439. The Morgan fingerprint density at radius 3 is 1.71 bits per heavy atom. The first-order valence-corrected chi connectivity index (χ1v) is 14.9. The Balaban J connectivity index is 2.67. The maximum atomic E-state index is 12.3. The smallest absolute Gasteiger partial charge is 0.275 e. The third kappa shape index (κ3) is 7.90. The molecule has 4 unspecified atom stereocenters. The monoisotopic (exact) mass is 602 g/mol. The number of aromatic hydroxyl groups is 2. The predicted molar refractivity (Wildman–Crippen MR) is 130 cm³/mol. The fraction of sp³-hybridized carbons (Fsp3) is 0.400. The number of aliphatic hydroxyl groups excluding tert-OH is 1. The van der Waals surface area contributed by atoms with Crippen molar-refractivity contribution in [3.63, 3.8) is 0 Å². The number of hydrogen-bond donors (Lipinski definition) is 6. The molecular weight excluding hydrogens is 576 g/mol. The molecule has 0 aliphatic heterocycles. The summed E-state index contributed by atoms with van der Waals surface area (Å²) in [6, 6.07) is 5.65. The van der Waals surface area contributed by atoms with E-state index in [4.69, 9.17) is 14.2 Å². The van der Waals surface area contributed by atoms with E-state index in [1.165, 1.54) is 0 Å². The van der Waals surface area contributed by atoms with Gasteiger partial charge in [-0.3, -0.25) is 13.7 Å². The van der Waals surface area contributed by atoms with Gasteiger partial charge in [-0.05, 0) is 35.4 Å². The van der Waals surface area contributed by atoms with Gasteiger partial charge in [-0.15, -0.1) is 0 Å². The summed E-state index contributed by atoms with van der Waals surface area (Å²) in [5.41, 5.74) is -0.594. The Hall–Kier alpha value is -2.71. The Morgan fingerprint density at radius 1 is 0.737 bits per heavy atom. The first kappa shape index (κ1) is 31.5. The SMILES string of the molecule is COc1cc(C(C(CO)OC)S(=O)(=O)O)ccc1OC(CS(=O)(=O)O)C(c1ccc(O)c(O)c1)S(=O)(=O)O. The van der Waals surface area contributed by atoms with E-state index in [0.29, 0.717) is 0 Å².